The second kappa shape index (κ2) is 10.6. The van der Waals surface area contributed by atoms with Gasteiger partial charge in [-0.3, -0.25) is 4.79 Å². The van der Waals surface area contributed by atoms with Crippen LogP contribution in [0.5, 0.6) is 5.75 Å². The van der Waals surface area contributed by atoms with Crippen molar-refractivity contribution in [3.8, 4) is 17.0 Å². The Labute approximate surface area is 221 Å². The molecule has 0 radical (unpaired) electrons. The maximum absolute atomic E-state index is 13.4. The average molecular weight is 529 g/mol. The number of amides is 1. The van der Waals surface area contributed by atoms with Gasteiger partial charge in [-0.2, -0.15) is 12.7 Å². The standard InChI is InChI=1S/C28H40N4O4S/c1-19(2)18-36-23-14-20(3)13-22(15-23)25-10-9-24(26(29-25)32-17-21(4)16-28(32,5)6)27(33)30-37(34,35)31-11-7-8-12-31/h9-10,13-15,19,21H,7-8,11-12,16-18H2,1-6H3,(H,30,33)/t21-/m0/s1. The first-order chi connectivity index (χ1) is 17.4. The number of benzene rings is 1. The Morgan fingerprint density at radius 2 is 1.89 bits per heavy atom. The summed E-state index contributed by atoms with van der Waals surface area (Å²) in [4.78, 5) is 20.5. The summed E-state index contributed by atoms with van der Waals surface area (Å²) < 4.78 is 35.3. The van der Waals surface area contributed by atoms with E-state index in [2.05, 4.69) is 44.2 Å². The number of hydrogen-bond donors (Lipinski definition) is 1. The lowest BCUT2D eigenvalue weighted by molar-refractivity contribution is 0.0979. The van der Waals surface area contributed by atoms with Crippen molar-refractivity contribution in [1.82, 2.24) is 14.0 Å². The van der Waals surface area contributed by atoms with E-state index in [9.17, 15) is 13.2 Å². The van der Waals surface area contributed by atoms with Crippen molar-refractivity contribution in [3.05, 3.63) is 41.5 Å². The summed E-state index contributed by atoms with van der Waals surface area (Å²) in [7, 11) is -3.90. The molecule has 1 aromatic heterocycles. The first-order valence-corrected chi connectivity index (χ1v) is 14.7. The SMILES string of the molecule is Cc1cc(OCC(C)C)cc(-c2ccc(C(=O)NS(=O)(=O)N3CCCC3)c(N3C[C@@H](C)CC3(C)C)n2)c1. The zero-order valence-electron chi connectivity index (χ0n) is 22.9. The van der Waals surface area contributed by atoms with Gasteiger partial charge in [0, 0.05) is 30.7 Å². The van der Waals surface area contributed by atoms with Crippen LogP contribution >= 0.6 is 0 Å². The van der Waals surface area contributed by atoms with Crippen LogP contribution in [-0.4, -0.2) is 55.4 Å². The minimum atomic E-state index is -3.90. The van der Waals surface area contributed by atoms with E-state index in [-0.39, 0.29) is 11.1 Å². The number of carbonyl (C=O) groups is 1. The Bertz CT molecular complexity index is 1250. The summed E-state index contributed by atoms with van der Waals surface area (Å²) in [5, 5.41) is 0. The third-order valence-corrected chi connectivity index (χ3v) is 8.49. The van der Waals surface area contributed by atoms with E-state index < -0.39 is 16.1 Å². The van der Waals surface area contributed by atoms with Gasteiger partial charge in [0.25, 0.3) is 5.91 Å². The molecule has 2 aliphatic rings. The summed E-state index contributed by atoms with van der Waals surface area (Å²) in [6, 6.07) is 9.50. The number of rotatable bonds is 8. The fraction of sp³-hybridized carbons (Fsp3) is 0.571. The molecule has 0 unspecified atom stereocenters. The van der Waals surface area contributed by atoms with Gasteiger partial charge in [0.15, 0.2) is 0 Å². The third-order valence-electron chi connectivity index (χ3n) is 7.00. The molecular formula is C28H40N4O4S. The molecule has 4 rings (SSSR count). The van der Waals surface area contributed by atoms with Crippen LogP contribution in [0.25, 0.3) is 11.3 Å². The van der Waals surface area contributed by atoms with Crippen molar-refractivity contribution in [2.24, 2.45) is 11.8 Å². The van der Waals surface area contributed by atoms with Crippen LogP contribution in [0.2, 0.25) is 0 Å². The van der Waals surface area contributed by atoms with Crippen LogP contribution in [0, 0.1) is 18.8 Å². The van der Waals surface area contributed by atoms with Gasteiger partial charge in [0.1, 0.15) is 11.6 Å². The van der Waals surface area contributed by atoms with Gasteiger partial charge in [-0.05, 0) is 87.8 Å². The molecule has 8 nitrogen and oxygen atoms in total. The monoisotopic (exact) mass is 528 g/mol. The van der Waals surface area contributed by atoms with Gasteiger partial charge in [0.2, 0.25) is 0 Å². The van der Waals surface area contributed by atoms with Gasteiger partial charge in [0.05, 0.1) is 17.9 Å². The van der Waals surface area contributed by atoms with Crippen LogP contribution < -0.4 is 14.4 Å². The fourth-order valence-corrected chi connectivity index (χ4v) is 6.57. The zero-order valence-corrected chi connectivity index (χ0v) is 23.7. The molecule has 0 bridgehead atoms. The molecule has 0 spiro atoms. The summed E-state index contributed by atoms with van der Waals surface area (Å²) in [5.74, 6) is 1.46. The van der Waals surface area contributed by atoms with Crippen LogP contribution in [-0.2, 0) is 10.2 Å². The predicted octanol–water partition coefficient (Wildman–Crippen LogP) is 4.79. The lowest BCUT2D eigenvalue weighted by Crippen LogP contribution is -2.44. The van der Waals surface area contributed by atoms with Crippen molar-refractivity contribution < 1.29 is 17.9 Å². The van der Waals surface area contributed by atoms with Gasteiger partial charge < -0.3 is 9.64 Å². The minimum absolute atomic E-state index is 0.230. The maximum Gasteiger partial charge on any atom is 0.304 e. The summed E-state index contributed by atoms with van der Waals surface area (Å²) in [5.41, 5.74) is 2.68. The number of carbonyl (C=O) groups excluding carboxylic acids is 1. The van der Waals surface area contributed by atoms with Gasteiger partial charge in [-0.25, -0.2) is 9.71 Å². The smallest absolute Gasteiger partial charge is 0.304 e. The van der Waals surface area contributed by atoms with Crippen LogP contribution in [0.1, 0.15) is 69.8 Å². The number of anilines is 1. The number of nitrogens with zero attached hydrogens (tertiary/aromatic N) is 3. The number of ether oxygens (including phenoxy) is 1. The molecule has 2 aliphatic heterocycles. The Hall–Kier alpha value is -2.65. The van der Waals surface area contributed by atoms with Crippen LogP contribution in [0.4, 0.5) is 5.82 Å². The molecule has 37 heavy (non-hydrogen) atoms. The van der Waals surface area contributed by atoms with Crippen molar-refractivity contribution in [2.75, 3.05) is 31.1 Å². The van der Waals surface area contributed by atoms with E-state index in [1.54, 1.807) is 12.1 Å². The van der Waals surface area contributed by atoms with Crippen molar-refractivity contribution in [1.29, 1.82) is 0 Å². The Balaban J connectivity index is 1.74. The van der Waals surface area contributed by atoms with Crippen LogP contribution in [0.15, 0.2) is 30.3 Å². The summed E-state index contributed by atoms with van der Waals surface area (Å²) >= 11 is 0. The molecule has 0 aliphatic carbocycles. The summed E-state index contributed by atoms with van der Waals surface area (Å²) in [6.45, 7) is 14.9. The maximum atomic E-state index is 13.4. The second-order valence-electron chi connectivity index (χ2n) is 11.6. The highest BCUT2D eigenvalue weighted by Crippen LogP contribution is 2.38. The fourth-order valence-electron chi connectivity index (χ4n) is 5.36. The highest BCUT2D eigenvalue weighted by Gasteiger charge is 2.39. The van der Waals surface area contributed by atoms with E-state index >= 15 is 0 Å². The number of nitrogens with one attached hydrogen (secondary N) is 1. The molecule has 3 heterocycles. The van der Waals surface area contributed by atoms with E-state index in [0.717, 1.165) is 42.7 Å². The molecule has 2 aromatic rings. The second-order valence-corrected chi connectivity index (χ2v) is 13.3. The van der Waals surface area contributed by atoms with Crippen molar-refractivity contribution >= 4 is 21.9 Å². The molecule has 202 valence electrons. The normalized spacial score (nSPS) is 20.0. The van der Waals surface area contributed by atoms with Gasteiger partial charge >= 0.3 is 10.2 Å². The Morgan fingerprint density at radius 3 is 2.51 bits per heavy atom. The molecule has 1 atom stereocenters. The number of pyridine rings is 1. The highest BCUT2D eigenvalue weighted by atomic mass is 32.2. The number of aromatic nitrogens is 1. The molecular weight excluding hydrogens is 488 g/mol. The topological polar surface area (TPSA) is 91.8 Å². The van der Waals surface area contributed by atoms with E-state index in [1.165, 1.54) is 4.31 Å². The zero-order chi connectivity index (χ0) is 27.0. The molecule has 9 heteroatoms. The Kier molecular flexibility index (Phi) is 7.85. The molecule has 1 N–H and O–H groups in total. The molecule has 2 saturated heterocycles. The lowest BCUT2D eigenvalue weighted by atomic mass is 9.97. The summed E-state index contributed by atoms with van der Waals surface area (Å²) in [6.07, 6.45) is 2.55. The predicted molar refractivity (Wildman–Crippen MR) is 147 cm³/mol. The van der Waals surface area contributed by atoms with Crippen molar-refractivity contribution in [2.45, 2.75) is 66.3 Å². The van der Waals surface area contributed by atoms with Crippen molar-refractivity contribution in [3.63, 3.8) is 0 Å². The first-order valence-electron chi connectivity index (χ1n) is 13.2. The molecule has 1 amide bonds. The highest BCUT2D eigenvalue weighted by molar-refractivity contribution is 7.87. The first kappa shape index (κ1) is 27.4. The molecule has 1 aromatic carbocycles. The Morgan fingerprint density at radius 1 is 1.19 bits per heavy atom. The van der Waals surface area contributed by atoms with E-state index in [1.807, 2.05) is 25.1 Å². The lowest BCUT2D eigenvalue weighted by Gasteiger charge is -2.34. The number of hydrogen-bond acceptors (Lipinski definition) is 6. The van der Waals surface area contributed by atoms with E-state index in [0.29, 0.717) is 43.0 Å². The molecule has 0 saturated carbocycles. The van der Waals surface area contributed by atoms with E-state index in [4.69, 9.17) is 9.72 Å². The minimum Gasteiger partial charge on any atom is -0.493 e. The van der Waals surface area contributed by atoms with Crippen LogP contribution in [0.3, 0.4) is 0 Å². The van der Waals surface area contributed by atoms with Gasteiger partial charge in [-0.15, -0.1) is 0 Å². The molecule has 2 fully saturated rings. The van der Waals surface area contributed by atoms with Gasteiger partial charge in [-0.1, -0.05) is 20.8 Å². The quantitative estimate of drug-likeness (QED) is 0.530. The average Bonchev–Trinajstić information content (AvgIpc) is 3.44. The largest absolute Gasteiger partial charge is 0.493 e. The third kappa shape index (κ3) is 6.26. The number of aryl methyl sites for hydroxylation is 1.